The van der Waals surface area contributed by atoms with Crippen molar-refractivity contribution in [1.82, 2.24) is 9.78 Å². The largest absolute Gasteiger partial charge is 0.323 e. The predicted octanol–water partition coefficient (Wildman–Crippen LogP) is 2.41. The van der Waals surface area contributed by atoms with E-state index in [9.17, 15) is 9.59 Å². The van der Waals surface area contributed by atoms with Gasteiger partial charge in [-0.3, -0.25) is 14.3 Å². The molecule has 1 N–H and O–H groups in total. The van der Waals surface area contributed by atoms with Crippen LogP contribution in [0.2, 0.25) is 0 Å². The molecule has 2 heterocycles. The molecular weight excluding hydrogens is 348 g/mol. The van der Waals surface area contributed by atoms with Crippen molar-refractivity contribution in [2.75, 3.05) is 16.8 Å². The van der Waals surface area contributed by atoms with Gasteiger partial charge in [0.15, 0.2) is 0 Å². The van der Waals surface area contributed by atoms with Gasteiger partial charge in [0.25, 0.3) is 0 Å². The number of amides is 2. The summed E-state index contributed by atoms with van der Waals surface area (Å²) in [5.74, 6) is -0.0904. The Morgan fingerprint density at radius 3 is 2.86 bits per heavy atom. The van der Waals surface area contributed by atoms with Gasteiger partial charge in [0, 0.05) is 19.2 Å². The maximum atomic E-state index is 12.1. The van der Waals surface area contributed by atoms with Crippen LogP contribution in [0.4, 0.5) is 11.4 Å². The third-order valence-corrected chi connectivity index (χ3v) is 3.86. The zero-order valence-electron chi connectivity index (χ0n) is 11.8. The SMILES string of the molecule is O=C(Cn1cc(Br)cn1)Nc1ccccc1N1CCCC1=O. The zero-order valence-corrected chi connectivity index (χ0v) is 13.4. The summed E-state index contributed by atoms with van der Waals surface area (Å²) >= 11 is 3.29. The summed E-state index contributed by atoms with van der Waals surface area (Å²) in [7, 11) is 0. The van der Waals surface area contributed by atoms with E-state index in [2.05, 4.69) is 26.3 Å². The number of benzene rings is 1. The molecule has 22 heavy (non-hydrogen) atoms. The van der Waals surface area contributed by atoms with Crippen LogP contribution in [0.1, 0.15) is 12.8 Å². The van der Waals surface area contributed by atoms with Crippen LogP contribution >= 0.6 is 15.9 Å². The molecule has 1 aliphatic heterocycles. The molecule has 2 amide bonds. The quantitative estimate of drug-likeness (QED) is 0.907. The van der Waals surface area contributed by atoms with Crippen LogP contribution in [0.25, 0.3) is 0 Å². The van der Waals surface area contributed by atoms with Crippen LogP contribution < -0.4 is 10.2 Å². The Balaban J connectivity index is 1.74. The van der Waals surface area contributed by atoms with Crippen molar-refractivity contribution in [3.05, 3.63) is 41.1 Å². The average molecular weight is 363 g/mol. The number of halogens is 1. The number of carbonyl (C=O) groups excluding carboxylic acids is 2. The number of aromatic nitrogens is 2. The molecule has 2 aromatic rings. The molecule has 0 unspecified atom stereocenters. The molecule has 1 aliphatic rings. The lowest BCUT2D eigenvalue weighted by molar-refractivity contribution is -0.118. The summed E-state index contributed by atoms with van der Waals surface area (Å²) in [5.41, 5.74) is 1.40. The van der Waals surface area contributed by atoms with Crippen LogP contribution in [0.3, 0.4) is 0 Å². The lowest BCUT2D eigenvalue weighted by atomic mass is 10.2. The summed E-state index contributed by atoms with van der Waals surface area (Å²) < 4.78 is 2.37. The van der Waals surface area contributed by atoms with Crippen molar-refractivity contribution in [1.29, 1.82) is 0 Å². The van der Waals surface area contributed by atoms with Gasteiger partial charge in [-0.15, -0.1) is 0 Å². The monoisotopic (exact) mass is 362 g/mol. The molecule has 7 heteroatoms. The number of nitrogens with one attached hydrogen (secondary N) is 1. The molecule has 0 spiro atoms. The third-order valence-electron chi connectivity index (χ3n) is 3.45. The van der Waals surface area contributed by atoms with Crippen molar-refractivity contribution in [2.45, 2.75) is 19.4 Å². The average Bonchev–Trinajstić information content (AvgIpc) is 3.08. The standard InChI is InChI=1S/C15H15BrN4O2/c16-11-8-17-19(9-11)10-14(21)18-12-4-1-2-5-13(12)20-7-3-6-15(20)22/h1-2,4-5,8-9H,3,6-7,10H2,(H,18,21). The van der Waals surface area contributed by atoms with E-state index in [-0.39, 0.29) is 18.4 Å². The van der Waals surface area contributed by atoms with E-state index in [1.807, 2.05) is 18.2 Å². The molecule has 0 radical (unpaired) electrons. The summed E-state index contributed by atoms with van der Waals surface area (Å²) in [5, 5.41) is 6.91. The van der Waals surface area contributed by atoms with Gasteiger partial charge in [-0.2, -0.15) is 5.10 Å². The van der Waals surface area contributed by atoms with E-state index >= 15 is 0 Å². The van der Waals surface area contributed by atoms with Gasteiger partial charge < -0.3 is 10.2 Å². The van der Waals surface area contributed by atoms with Crippen molar-refractivity contribution < 1.29 is 9.59 Å². The maximum absolute atomic E-state index is 12.1. The Morgan fingerprint density at radius 2 is 2.18 bits per heavy atom. The second-order valence-electron chi connectivity index (χ2n) is 5.07. The van der Waals surface area contributed by atoms with E-state index in [1.165, 1.54) is 0 Å². The highest BCUT2D eigenvalue weighted by atomic mass is 79.9. The Morgan fingerprint density at radius 1 is 1.36 bits per heavy atom. The molecule has 1 fully saturated rings. The fraction of sp³-hybridized carbons (Fsp3) is 0.267. The molecule has 0 aliphatic carbocycles. The zero-order chi connectivity index (χ0) is 15.5. The van der Waals surface area contributed by atoms with Crippen molar-refractivity contribution >= 4 is 39.1 Å². The maximum Gasteiger partial charge on any atom is 0.246 e. The number of anilines is 2. The Kier molecular flexibility index (Phi) is 4.24. The fourth-order valence-electron chi connectivity index (χ4n) is 2.48. The second-order valence-corrected chi connectivity index (χ2v) is 5.99. The van der Waals surface area contributed by atoms with Gasteiger partial charge >= 0.3 is 0 Å². The molecule has 1 aromatic heterocycles. The minimum atomic E-state index is -0.185. The molecule has 1 saturated heterocycles. The Labute approximate surface area is 136 Å². The van der Waals surface area contributed by atoms with Crippen molar-refractivity contribution in [2.24, 2.45) is 0 Å². The smallest absolute Gasteiger partial charge is 0.246 e. The Hall–Kier alpha value is -2.15. The van der Waals surface area contributed by atoms with E-state index in [1.54, 1.807) is 28.0 Å². The molecule has 0 saturated carbocycles. The normalized spacial score (nSPS) is 14.4. The molecule has 3 rings (SSSR count). The molecular formula is C15H15BrN4O2. The number of para-hydroxylation sites is 2. The van der Waals surface area contributed by atoms with E-state index < -0.39 is 0 Å². The van der Waals surface area contributed by atoms with Crippen LogP contribution in [-0.4, -0.2) is 28.1 Å². The van der Waals surface area contributed by atoms with Gasteiger partial charge in [-0.25, -0.2) is 0 Å². The van der Waals surface area contributed by atoms with Gasteiger partial charge in [0.1, 0.15) is 6.54 Å². The topological polar surface area (TPSA) is 67.2 Å². The van der Waals surface area contributed by atoms with E-state index in [4.69, 9.17) is 0 Å². The lowest BCUT2D eigenvalue weighted by Crippen LogP contribution is -2.26. The first-order valence-corrected chi connectivity index (χ1v) is 7.80. The first-order valence-electron chi connectivity index (χ1n) is 7.01. The number of rotatable bonds is 4. The molecule has 6 nitrogen and oxygen atoms in total. The Bertz CT molecular complexity index is 713. The number of nitrogens with zero attached hydrogens (tertiary/aromatic N) is 3. The highest BCUT2D eigenvalue weighted by molar-refractivity contribution is 9.10. The lowest BCUT2D eigenvalue weighted by Gasteiger charge is -2.19. The molecule has 0 bridgehead atoms. The van der Waals surface area contributed by atoms with Crippen LogP contribution in [0.5, 0.6) is 0 Å². The van der Waals surface area contributed by atoms with Crippen LogP contribution in [-0.2, 0) is 16.1 Å². The summed E-state index contributed by atoms with van der Waals surface area (Å²) in [4.78, 5) is 25.8. The second kappa shape index (κ2) is 6.31. The third kappa shape index (κ3) is 3.19. The van der Waals surface area contributed by atoms with Crippen molar-refractivity contribution in [3.63, 3.8) is 0 Å². The molecule has 114 valence electrons. The minimum Gasteiger partial charge on any atom is -0.323 e. The highest BCUT2D eigenvalue weighted by Gasteiger charge is 2.24. The first kappa shape index (κ1) is 14.8. The number of hydrogen-bond acceptors (Lipinski definition) is 3. The van der Waals surface area contributed by atoms with Gasteiger partial charge in [0.05, 0.1) is 22.0 Å². The van der Waals surface area contributed by atoms with Gasteiger partial charge in [-0.05, 0) is 34.5 Å². The van der Waals surface area contributed by atoms with E-state index in [0.29, 0.717) is 18.7 Å². The van der Waals surface area contributed by atoms with Crippen LogP contribution in [0.15, 0.2) is 41.1 Å². The van der Waals surface area contributed by atoms with Crippen LogP contribution in [0, 0.1) is 0 Å². The van der Waals surface area contributed by atoms with Gasteiger partial charge in [-0.1, -0.05) is 12.1 Å². The predicted molar refractivity (Wildman–Crippen MR) is 86.6 cm³/mol. The summed E-state index contributed by atoms with van der Waals surface area (Å²) in [6, 6.07) is 7.35. The minimum absolute atomic E-state index is 0.0951. The first-order chi connectivity index (χ1) is 10.6. The summed E-state index contributed by atoms with van der Waals surface area (Å²) in [6.45, 7) is 0.811. The highest BCUT2D eigenvalue weighted by Crippen LogP contribution is 2.29. The molecule has 1 aromatic carbocycles. The van der Waals surface area contributed by atoms with Gasteiger partial charge in [0.2, 0.25) is 11.8 Å². The van der Waals surface area contributed by atoms with E-state index in [0.717, 1.165) is 16.6 Å². The van der Waals surface area contributed by atoms with Crippen molar-refractivity contribution in [3.8, 4) is 0 Å². The number of carbonyl (C=O) groups is 2. The number of hydrogen-bond donors (Lipinski definition) is 1. The molecule has 0 atom stereocenters. The fourth-order valence-corrected chi connectivity index (χ4v) is 2.81. The summed E-state index contributed by atoms with van der Waals surface area (Å²) in [6.07, 6.45) is 4.77.